The van der Waals surface area contributed by atoms with Crippen LogP contribution in [0.25, 0.3) is 0 Å². The van der Waals surface area contributed by atoms with Crippen LogP contribution in [0.3, 0.4) is 0 Å². The zero-order valence-corrected chi connectivity index (χ0v) is 13.8. The number of nitrogens with zero attached hydrogens (tertiary/aromatic N) is 1. The Morgan fingerprint density at radius 3 is 2.89 bits per heavy atom. The fourth-order valence-corrected chi connectivity index (χ4v) is 4.35. The number of thiophene rings is 1. The van der Waals surface area contributed by atoms with Gasteiger partial charge < -0.3 is 5.11 Å². The molecule has 1 N–H and O–H groups in total. The fourth-order valence-electron chi connectivity index (χ4n) is 2.85. The third-order valence-corrected chi connectivity index (χ3v) is 6.08. The number of rotatable bonds is 4. The highest BCUT2D eigenvalue weighted by Gasteiger charge is 2.42. The van der Waals surface area contributed by atoms with Crippen molar-refractivity contribution < 1.29 is 9.90 Å². The van der Waals surface area contributed by atoms with Gasteiger partial charge in [-0.05, 0) is 60.8 Å². The van der Waals surface area contributed by atoms with Gasteiger partial charge >= 0.3 is 5.97 Å². The lowest BCUT2D eigenvalue weighted by Crippen LogP contribution is -2.48. The van der Waals surface area contributed by atoms with E-state index in [1.165, 1.54) is 4.88 Å². The smallest absolute Gasteiger partial charge is 0.310 e. The van der Waals surface area contributed by atoms with Gasteiger partial charge in [0.2, 0.25) is 0 Å². The van der Waals surface area contributed by atoms with Crippen molar-refractivity contribution >= 4 is 33.2 Å². The Bertz CT molecular complexity index is 462. The molecule has 1 aliphatic heterocycles. The number of hydrogen-bond donors (Lipinski definition) is 1. The highest BCUT2D eigenvalue weighted by molar-refractivity contribution is 9.11. The van der Waals surface area contributed by atoms with E-state index in [0.29, 0.717) is 19.0 Å². The number of piperidine rings is 1. The number of carboxylic acids is 1. The van der Waals surface area contributed by atoms with Crippen molar-refractivity contribution in [3.05, 3.63) is 20.8 Å². The molecule has 0 spiro atoms. The average Bonchev–Trinajstić information content (AvgIpc) is 2.84. The lowest BCUT2D eigenvalue weighted by atomic mass is 9.77. The summed E-state index contributed by atoms with van der Waals surface area (Å²) < 4.78 is 1.13. The van der Waals surface area contributed by atoms with E-state index < -0.39 is 11.4 Å². The van der Waals surface area contributed by atoms with Crippen LogP contribution in [0.15, 0.2) is 15.9 Å². The Balaban J connectivity index is 2.15. The average molecular weight is 346 g/mol. The maximum Gasteiger partial charge on any atom is 0.310 e. The molecule has 0 saturated carbocycles. The van der Waals surface area contributed by atoms with Gasteiger partial charge in [-0.3, -0.25) is 9.69 Å². The third-order valence-electron chi connectivity index (χ3n) is 4.29. The van der Waals surface area contributed by atoms with E-state index in [9.17, 15) is 9.90 Å². The summed E-state index contributed by atoms with van der Waals surface area (Å²) in [6, 6.07) is 4.48. The molecule has 1 saturated heterocycles. The maximum atomic E-state index is 11.6. The molecule has 3 nitrogen and oxygen atoms in total. The first kappa shape index (κ1) is 15.0. The molecule has 106 valence electrons. The molecule has 0 aliphatic carbocycles. The van der Waals surface area contributed by atoms with Crippen LogP contribution in [0.5, 0.6) is 0 Å². The first-order chi connectivity index (χ1) is 8.98. The van der Waals surface area contributed by atoms with Gasteiger partial charge in [0.15, 0.2) is 0 Å². The Hall–Kier alpha value is -0.390. The minimum atomic E-state index is -0.640. The zero-order valence-electron chi connectivity index (χ0n) is 11.4. The Labute approximate surface area is 126 Å². The van der Waals surface area contributed by atoms with Crippen molar-refractivity contribution in [2.24, 2.45) is 5.41 Å². The molecule has 1 aromatic heterocycles. The lowest BCUT2D eigenvalue weighted by Gasteiger charge is -2.42. The minimum absolute atomic E-state index is 0.293. The Kier molecular flexibility index (Phi) is 4.69. The van der Waals surface area contributed by atoms with E-state index in [1.807, 2.05) is 6.92 Å². The quantitative estimate of drug-likeness (QED) is 0.890. The highest BCUT2D eigenvalue weighted by Crippen LogP contribution is 2.38. The van der Waals surface area contributed by atoms with Crippen LogP contribution in [0, 0.1) is 5.41 Å². The molecular formula is C14H20BrNO2S. The van der Waals surface area contributed by atoms with Crippen LogP contribution < -0.4 is 0 Å². The molecule has 1 fully saturated rings. The Morgan fingerprint density at radius 2 is 2.37 bits per heavy atom. The van der Waals surface area contributed by atoms with Crippen LogP contribution in [-0.4, -0.2) is 29.1 Å². The highest BCUT2D eigenvalue weighted by atomic mass is 79.9. The first-order valence-electron chi connectivity index (χ1n) is 6.71. The van der Waals surface area contributed by atoms with E-state index in [1.54, 1.807) is 11.3 Å². The SMILES string of the molecule is CCC1(C(=O)O)CCCN(C(C)c2ccc(Br)s2)C1. The molecule has 0 amide bonds. The van der Waals surface area contributed by atoms with Gasteiger partial charge in [-0.1, -0.05) is 6.92 Å². The van der Waals surface area contributed by atoms with E-state index >= 15 is 0 Å². The second kappa shape index (κ2) is 5.94. The Morgan fingerprint density at radius 1 is 1.63 bits per heavy atom. The number of hydrogen-bond acceptors (Lipinski definition) is 3. The van der Waals surface area contributed by atoms with Crippen LogP contribution in [0.1, 0.15) is 44.0 Å². The van der Waals surface area contributed by atoms with Gasteiger partial charge in [-0.25, -0.2) is 0 Å². The molecule has 0 radical (unpaired) electrons. The van der Waals surface area contributed by atoms with Crippen molar-refractivity contribution in [1.82, 2.24) is 4.90 Å². The summed E-state index contributed by atoms with van der Waals surface area (Å²) in [7, 11) is 0. The van der Waals surface area contributed by atoms with E-state index in [0.717, 1.165) is 23.2 Å². The molecule has 5 heteroatoms. The molecule has 2 unspecified atom stereocenters. The predicted molar refractivity (Wildman–Crippen MR) is 81.6 cm³/mol. The van der Waals surface area contributed by atoms with Crippen LogP contribution in [0.2, 0.25) is 0 Å². The molecule has 2 heterocycles. The minimum Gasteiger partial charge on any atom is -0.481 e. The molecular weight excluding hydrogens is 326 g/mol. The van der Waals surface area contributed by atoms with Crippen molar-refractivity contribution in [3.63, 3.8) is 0 Å². The van der Waals surface area contributed by atoms with Gasteiger partial charge in [0.25, 0.3) is 0 Å². The summed E-state index contributed by atoms with van der Waals surface area (Å²) in [6.45, 7) is 5.82. The third kappa shape index (κ3) is 3.03. The summed E-state index contributed by atoms with van der Waals surface area (Å²) in [4.78, 5) is 15.2. The van der Waals surface area contributed by atoms with Crippen molar-refractivity contribution in [2.75, 3.05) is 13.1 Å². The summed E-state index contributed by atoms with van der Waals surface area (Å²) in [6.07, 6.45) is 2.48. The second-order valence-electron chi connectivity index (χ2n) is 5.33. The number of carboxylic acid groups (broad SMARTS) is 1. The monoisotopic (exact) mass is 345 g/mol. The van der Waals surface area contributed by atoms with Gasteiger partial charge in [0, 0.05) is 17.5 Å². The largest absolute Gasteiger partial charge is 0.481 e. The van der Waals surface area contributed by atoms with Crippen LogP contribution >= 0.6 is 27.3 Å². The van der Waals surface area contributed by atoms with Crippen molar-refractivity contribution in [2.45, 2.75) is 39.2 Å². The molecule has 19 heavy (non-hydrogen) atoms. The normalized spacial score (nSPS) is 26.3. The van der Waals surface area contributed by atoms with Gasteiger partial charge in [-0.2, -0.15) is 0 Å². The first-order valence-corrected chi connectivity index (χ1v) is 8.32. The van der Waals surface area contributed by atoms with Gasteiger partial charge in [0.05, 0.1) is 9.20 Å². The number of halogens is 1. The number of likely N-dealkylation sites (tertiary alicyclic amines) is 1. The lowest BCUT2D eigenvalue weighted by molar-refractivity contribution is -0.153. The number of aliphatic carboxylic acids is 1. The topological polar surface area (TPSA) is 40.5 Å². The summed E-state index contributed by atoms with van der Waals surface area (Å²) >= 11 is 5.22. The summed E-state index contributed by atoms with van der Waals surface area (Å²) in [5.41, 5.74) is -0.555. The zero-order chi connectivity index (χ0) is 14.0. The van der Waals surface area contributed by atoms with Crippen LogP contribution in [-0.2, 0) is 4.79 Å². The molecule has 1 aliphatic rings. The predicted octanol–water partition coefficient (Wildman–Crippen LogP) is 4.15. The summed E-state index contributed by atoms with van der Waals surface area (Å²) in [5.74, 6) is -0.640. The molecule has 0 bridgehead atoms. The molecule has 2 rings (SSSR count). The van der Waals surface area contributed by atoms with E-state index in [2.05, 4.69) is 39.9 Å². The van der Waals surface area contributed by atoms with Crippen molar-refractivity contribution in [3.8, 4) is 0 Å². The molecule has 1 aromatic rings. The van der Waals surface area contributed by atoms with E-state index in [-0.39, 0.29) is 0 Å². The summed E-state index contributed by atoms with van der Waals surface area (Å²) in [5, 5.41) is 9.53. The molecule has 0 aromatic carbocycles. The standard InChI is InChI=1S/C14H20BrNO2S/c1-3-14(13(17)18)7-4-8-16(9-14)10(2)11-5-6-12(15)19-11/h5-6,10H,3-4,7-9H2,1-2H3,(H,17,18). The number of carbonyl (C=O) groups is 1. The molecule has 2 atom stereocenters. The fraction of sp³-hybridized carbons (Fsp3) is 0.643. The van der Waals surface area contributed by atoms with Crippen molar-refractivity contribution in [1.29, 1.82) is 0 Å². The van der Waals surface area contributed by atoms with Crippen LogP contribution in [0.4, 0.5) is 0 Å². The maximum absolute atomic E-state index is 11.6. The van der Waals surface area contributed by atoms with Gasteiger partial charge in [-0.15, -0.1) is 11.3 Å². The van der Waals surface area contributed by atoms with E-state index in [4.69, 9.17) is 0 Å². The second-order valence-corrected chi connectivity index (χ2v) is 7.83. The van der Waals surface area contributed by atoms with Gasteiger partial charge in [0.1, 0.15) is 0 Å².